The maximum Gasteiger partial charge on any atom is 0.156 e. The number of anilines is 1. The zero-order chi connectivity index (χ0) is 16.5. The molecule has 0 unspecified atom stereocenters. The lowest BCUT2D eigenvalue weighted by atomic mass is 10.1. The topological polar surface area (TPSA) is 55.0 Å². The van der Waals surface area contributed by atoms with Crippen LogP contribution in [0.4, 0.5) is 5.82 Å². The van der Waals surface area contributed by atoms with Crippen LogP contribution in [0.3, 0.4) is 0 Å². The van der Waals surface area contributed by atoms with E-state index in [1.54, 1.807) is 23.1 Å². The van der Waals surface area contributed by atoms with E-state index >= 15 is 0 Å². The van der Waals surface area contributed by atoms with Crippen molar-refractivity contribution in [3.8, 4) is 0 Å². The molecule has 3 aromatic rings. The highest BCUT2D eigenvalue weighted by Crippen LogP contribution is 2.36. The Kier molecular flexibility index (Phi) is 4.43. The van der Waals surface area contributed by atoms with Crippen LogP contribution in [0.1, 0.15) is 22.9 Å². The molecule has 0 saturated carbocycles. The van der Waals surface area contributed by atoms with Crippen LogP contribution < -0.4 is 5.73 Å². The number of hydrogen-bond acceptors (Lipinski definition) is 6. The molecular formula is C18H20N4S2. The molecule has 0 aliphatic carbocycles. The smallest absolute Gasteiger partial charge is 0.156 e. The summed E-state index contributed by atoms with van der Waals surface area (Å²) in [6.45, 7) is 5.10. The summed E-state index contributed by atoms with van der Waals surface area (Å²) in [6, 6.07) is 10.6. The van der Waals surface area contributed by atoms with Crippen LogP contribution in [-0.4, -0.2) is 27.2 Å². The molecule has 6 heteroatoms. The number of hydrogen-bond donors (Lipinski definition) is 1. The van der Waals surface area contributed by atoms with Crippen LogP contribution in [0.25, 0.3) is 10.3 Å². The Balaban J connectivity index is 1.64. The van der Waals surface area contributed by atoms with Crippen molar-refractivity contribution >= 4 is 39.3 Å². The molecule has 1 aromatic carbocycles. The van der Waals surface area contributed by atoms with E-state index in [9.17, 15) is 0 Å². The molecule has 2 aromatic heterocycles. The summed E-state index contributed by atoms with van der Waals surface area (Å²) >= 11 is 3.45. The normalized spacial score (nSPS) is 14.9. The first kappa shape index (κ1) is 15.9. The molecule has 4 nitrogen and oxygen atoms in total. The number of aromatic nitrogens is 2. The molecule has 0 spiro atoms. The molecular weight excluding hydrogens is 336 g/mol. The summed E-state index contributed by atoms with van der Waals surface area (Å²) in [5, 5.41) is 0.865. The second-order valence-electron chi connectivity index (χ2n) is 5.95. The number of nitrogens with zero attached hydrogens (tertiary/aromatic N) is 3. The van der Waals surface area contributed by atoms with Crippen molar-refractivity contribution in [2.24, 2.45) is 0 Å². The zero-order valence-corrected chi connectivity index (χ0v) is 15.3. The highest BCUT2D eigenvalue weighted by molar-refractivity contribution is 7.99. The minimum absolute atomic E-state index is 0.565. The zero-order valence-electron chi connectivity index (χ0n) is 13.7. The molecule has 0 fully saturated rings. The quantitative estimate of drug-likeness (QED) is 0.718. The molecule has 0 atom stereocenters. The van der Waals surface area contributed by atoms with Crippen molar-refractivity contribution in [3.63, 3.8) is 0 Å². The van der Waals surface area contributed by atoms with Gasteiger partial charge in [-0.25, -0.2) is 9.97 Å². The summed E-state index contributed by atoms with van der Waals surface area (Å²) in [4.78, 5) is 14.4. The molecule has 124 valence electrons. The van der Waals surface area contributed by atoms with Crippen LogP contribution in [0.5, 0.6) is 0 Å². The maximum atomic E-state index is 6.12. The Labute approximate surface area is 150 Å². The van der Waals surface area contributed by atoms with Crippen molar-refractivity contribution in [1.82, 2.24) is 14.9 Å². The van der Waals surface area contributed by atoms with Crippen molar-refractivity contribution in [1.29, 1.82) is 0 Å². The van der Waals surface area contributed by atoms with E-state index in [0.717, 1.165) is 47.2 Å². The van der Waals surface area contributed by atoms with Gasteiger partial charge in [-0.2, -0.15) is 0 Å². The fraction of sp³-hybridized carbons (Fsp3) is 0.333. The highest BCUT2D eigenvalue weighted by Gasteiger charge is 2.23. The van der Waals surface area contributed by atoms with Gasteiger partial charge in [0, 0.05) is 30.1 Å². The van der Waals surface area contributed by atoms with Gasteiger partial charge < -0.3 is 5.73 Å². The van der Waals surface area contributed by atoms with E-state index in [2.05, 4.69) is 47.1 Å². The van der Waals surface area contributed by atoms with Gasteiger partial charge in [-0.1, -0.05) is 37.3 Å². The number of thioether (sulfide) groups is 1. The van der Waals surface area contributed by atoms with Gasteiger partial charge >= 0.3 is 0 Å². The van der Waals surface area contributed by atoms with Gasteiger partial charge in [-0.3, -0.25) is 4.90 Å². The lowest BCUT2D eigenvalue weighted by Gasteiger charge is -2.26. The SMILES string of the molecule is CCSc1nc2sc3c(c2nc1N)CN(Cc1ccccc1)CC3. The average Bonchev–Trinajstić information content (AvgIpc) is 2.93. The largest absolute Gasteiger partial charge is 0.381 e. The van der Waals surface area contributed by atoms with E-state index < -0.39 is 0 Å². The van der Waals surface area contributed by atoms with Gasteiger partial charge in [-0.15, -0.1) is 23.1 Å². The van der Waals surface area contributed by atoms with Crippen LogP contribution in [0, 0.1) is 0 Å². The molecule has 0 radical (unpaired) electrons. The van der Waals surface area contributed by atoms with Crippen LogP contribution in [0.15, 0.2) is 35.4 Å². The van der Waals surface area contributed by atoms with E-state index in [1.165, 1.54) is 16.0 Å². The van der Waals surface area contributed by atoms with E-state index in [0.29, 0.717) is 5.82 Å². The lowest BCUT2D eigenvalue weighted by Crippen LogP contribution is -2.29. The van der Waals surface area contributed by atoms with Crippen molar-refractivity contribution < 1.29 is 0 Å². The summed E-state index contributed by atoms with van der Waals surface area (Å²) in [7, 11) is 0. The first-order valence-electron chi connectivity index (χ1n) is 8.21. The number of rotatable bonds is 4. The third-order valence-corrected chi connectivity index (χ3v) is 6.30. The van der Waals surface area contributed by atoms with Crippen LogP contribution in [-0.2, 0) is 19.5 Å². The minimum Gasteiger partial charge on any atom is -0.381 e. The monoisotopic (exact) mass is 356 g/mol. The highest BCUT2D eigenvalue weighted by atomic mass is 32.2. The van der Waals surface area contributed by atoms with Gasteiger partial charge in [0.15, 0.2) is 5.82 Å². The van der Waals surface area contributed by atoms with Crippen LogP contribution in [0.2, 0.25) is 0 Å². The molecule has 3 heterocycles. The fourth-order valence-electron chi connectivity index (χ4n) is 3.14. The minimum atomic E-state index is 0.565. The molecule has 0 bridgehead atoms. The van der Waals surface area contributed by atoms with Gasteiger partial charge in [0.2, 0.25) is 0 Å². The van der Waals surface area contributed by atoms with Crippen molar-refractivity contribution in [2.75, 3.05) is 18.0 Å². The maximum absolute atomic E-state index is 6.12. The molecule has 0 amide bonds. The molecule has 1 aliphatic rings. The Morgan fingerprint density at radius 1 is 1.25 bits per heavy atom. The summed E-state index contributed by atoms with van der Waals surface area (Å²) in [5.41, 5.74) is 9.80. The number of benzene rings is 1. The molecule has 0 saturated heterocycles. The third kappa shape index (κ3) is 3.01. The average molecular weight is 357 g/mol. The number of thiophene rings is 1. The van der Waals surface area contributed by atoms with Crippen molar-refractivity contribution in [2.45, 2.75) is 31.5 Å². The number of nitrogen functional groups attached to an aromatic ring is 1. The molecule has 1 aliphatic heterocycles. The van der Waals surface area contributed by atoms with Crippen molar-refractivity contribution in [3.05, 3.63) is 46.3 Å². The van der Waals surface area contributed by atoms with E-state index in [1.807, 2.05) is 0 Å². The summed E-state index contributed by atoms with van der Waals surface area (Å²) in [6.07, 6.45) is 1.07. The first-order chi connectivity index (χ1) is 11.7. The Morgan fingerprint density at radius 3 is 2.88 bits per heavy atom. The third-order valence-electron chi connectivity index (χ3n) is 4.27. The molecule has 2 N–H and O–H groups in total. The predicted molar refractivity (Wildman–Crippen MR) is 102 cm³/mol. The molecule has 24 heavy (non-hydrogen) atoms. The predicted octanol–water partition coefficient (Wildman–Crippen LogP) is 3.94. The van der Waals surface area contributed by atoms with Crippen LogP contribution >= 0.6 is 23.1 Å². The fourth-order valence-corrected chi connectivity index (χ4v) is 4.94. The Hall–Kier alpha value is -1.63. The first-order valence-corrected chi connectivity index (χ1v) is 10.0. The van der Waals surface area contributed by atoms with Gasteiger partial charge in [0.05, 0.1) is 0 Å². The lowest BCUT2D eigenvalue weighted by molar-refractivity contribution is 0.248. The van der Waals surface area contributed by atoms with Gasteiger partial charge in [0.25, 0.3) is 0 Å². The van der Waals surface area contributed by atoms with E-state index in [-0.39, 0.29) is 0 Å². The van der Waals surface area contributed by atoms with Gasteiger partial charge in [0.1, 0.15) is 15.4 Å². The summed E-state index contributed by atoms with van der Waals surface area (Å²) in [5.74, 6) is 1.52. The number of fused-ring (bicyclic) bond motifs is 3. The second-order valence-corrected chi connectivity index (χ2v) is 8.29. The molecule has 4 rings (SSSR count). The standard InChI is InChI=1S/C18H20N4S2/c1-2-23-18-16(19)20-15-13-11-22(10-12-6-4-3-5-7-12)9-8-14(13)24-17(15)21-18/h3-7H,2,8-11H2,1H3,(H2,19,20). The second kappa shape index (κ2) is 6.70. The Bertz CT molecular complexity index is 860. The van der Waals surface area contributed by atoms with Gasteiger partial charge in [-0.05, 0) is 17.7 Å². The Morgan fingerprint density at radius 2 is 2.08 bits per heavy atom. The number of nitrogens with two attached hydrogens (primary N) is 1. The summed E-state index contributed by atoms with van der Waals surface area (Å²) < 4.78 is 0. The van der Waals surface area contributed by atoms with E-state index in [4.69, 9.17) is 10.7 Å².